The molecule has 0 aliphatic carbocycles. The number of rotatable bonds is 4. The molecule has 0 radical (unpaired) electrons. The van der Waals surface area contributed by atoms with Crippen molar-refractivity contribution in [2.75, 3.05) is 6.61 Å². The molecule has 0 bridgehead atoms. The van der Waals surface area contributed by atoms with Crippen molar-refractivity contribution in [1.29, 1.82) is 0 Å². The number of carbonyl (C=O) groups is 1. The van der Waals surface area contributed by atoms with Crippen molar-refractivity contribution in [3.63, 3.8) is 0 Å². The molecule has 0 spiro atoms. The number of amides is 1. The molecule has 1 aromatic carbocycles. The Hall–Kier alpha value is -1.86. The zero-order valence-electron chi connectivity index (χ0n) is 11.2. The molecule has 0 saturated carbocycles. The van der Waals surface area contributed by atoms with Crippen LogP contribution in [0.2, 0.25) is 0 Å². The van der Waals surface area contributed by atoms with Gasteiger partial charge >= 0.3 is 0 Å². The van der Waals surface area contributed by atoms with Gasteiger partial charge in [0.15, 0.2) is 0 Å². The number of benzene rings is 1. The summed E-state index contributed by atoms with van der Waals surface area (Å²) in [6, 6.07) is 3.89. The third-order valence-electron chi connectivity index (χ3n) is 2.63. The van der Waals surface area contributed by atoms with Gasteiger partial charge in [-0.25, -0.2) is 4.39 Å². The Labute approximate surface area is 112 Å². The van der Waals surface area contributed by atoms with Crippen LogP contribution in [-0.2, 0) is 0 Å². The topological polar surface area (TPSA) is 49.3 Å². The van der Waals surface area contributed by atoms with E-state index in [2.05, 4.69) is 17.2 Å². The molecule has 19 heavy (non-hydrogen) atoms. The lowest BCUT2D eigenvalue weighted by atomic mass is 10.1. The highest BCUT2D eigenvalue weighted by Crippen LogP contribution is 2.11. The van der Waals surface area contributed by atoms with Crippen LogP contribution in [0, 0.1) is 17.7 Å². The molecule has 0 aliphatic rings. The monoisotopic (exact) mass is 263 g/mol. The van der Waals surface area contributed by atoms with Crippen LogP contribution in [0.1, 0.15) is 42.6 Å². The van der Waals surface area contributed by atoms with E-state index in [1.807, 2.05) is 13.8 Å². The minimum atomic E-state index is -0.458. The molecular weight excluding hydrogens is 245 g/mol. The Morgan fingerprint density at radius 3 is 2.89 bits per heavy atom. The van der Waals surface area contributed by atoms with Crippen LogP contribution in [0.3, 0.4) is 0 Å². The highest BCUT2D eigenvalue weighted by molar-refractivity contribution is 5.96. The van der Waals surface area contributed by atoms with Crippen LogP contribution >= 0.6 is 0 Å². The van der Waals surface area contributed by atoms with Crippen molar-refractivity contribution in [3.05, 3.63) is 35.1 Å². The molecule has 1 amide bonds. The molecule has 0 saturated heterocycles. The zero-order chi connectivity index (χ0) is 14.3. The highest BCUT2D eigenvalue weighted by atomic mass is 19.1. The molecule has 0 heterocycles. The number of hydrogen-bond acceptors (Lipinski definition) is 2. The van der Waals surface area contributed by atoms with E-state index >= 15 is 0 Å². The Bertz CT molecular complexity index is 503. The van der Waals surface area contributed by atoms with E-state index in [9.17, 15) is 9.18 Å². The standard InChI is InChI=1S/C15H18FNO2/c1-3-5-11(2)17-15(19)14-8-7-13(16)10-12(14)6-4-9-18/h7-8,10-11,18H,3,5,9H2,1-2H3,(H,17,19). The summed E-state index contributed by atoms with van der Waals surface area (Å²) < 4.78 is 13.2. The smallest absolute Gasteiger partial charge is 0.252 e. The van der Waals surface area contributed by atoms with Crippen LogP contribution < -0.4 is 5.32 Å². The number of carbonyl (C=O) groups excluding carboxylic acids is 1. The number of nitrogens with one attached hydrogen (secondary N) is 1. The first-order valence-electron chi connectivity index (χ1n) is 6.28. The molecule has 0 aromatic heterocycles. The van der Waals surface area contributed by atoms with Crippen molar-refractivity contribution in [3.8, 4) is 11.8 Å². The quantitative estimate of drug-likeness (QED) is 0.817. The minimum absolute atomic E-state index is 0.0567. The molecule has 3 nitrogen and oxygen atoms in total. The highest BCUT2D eigenvalue weighted by Gasteiger charge is 2.13. The first-order chi connectivity index (χ1) is 9.08. The summed E-state index contributed by atoms with van der Waals surface area (Å²) in [5, 5.41) is 11.5. The van der Waals surface area contributed by atoms with Crippen LogP contribution in [0.25, 0.3) is 0 Å². The molecule has 1 atom stereocenters. The predicted molar refractivity (Wildman–Crippen MR) is 72.2 cm³/mol. The molecule has 0 aliphatic heterocycles. The summed E-state index contributed by atoms with van der Waals surface area (Å²) in [6.07, 6.45) is 1.85. The first-order valence-corrected chi connectivity index (χ1v) is 6.28. The molecule has 1 aromatic rings. The maximum absolute atomic E-state index is 13.2. The fourth-order valence-electron chi connectivity index (χ4n) is 1.76. The van der Waals surface area contributed by atoms with Crippen LogP contribution in [0.5, 0.6) is 0 Å². The zero-order valence-corrected chi connectivity index (χ0v) is 11.2. The van der Waals surface area contributed by atoms with E-state index < -0.39 is 5.82 Å². The number of halogens is 1. The molecule has 4 heteroatoms. The molecule has 1 rings (SSSR count). The molecule has 102 valence electrons. The SMILES string of the molecule is CCCC(C)NC(=O)c1ccc(F)cc1C#CCO. The second-order valence-corrected chi connectivity index (χ2v) is 4.31. The number of hydrogen-bond donors (Lipinski definition) is 2. The lowest BCUT2D eigenvalue weighted by Gasteiger charge is -2.13. The Morgan fingerprint density at radius 2 is 2.26 bits per heavy atom. The fourth-order valence-corrected chi connectivity index (χ4v) is 1.76. The van der Waals surface area contributed by atoms with Gasteiger partial charge in [-0.05, 0) is 31.5 Å². The van der Waals surface area contributed by atoms with Gasteiger partial charge in [0.2, 0.25) is 0 Å². The van der Waals surface area contributed by atoms with Crippen LogP contribution in [0.4, 0.5) is 4.39 Å². The summed E-state index contributed by atoms with van der Waals surface area (Å²) in [4.78, 5) is 12.1. The van der Waals surface area contributed by atoms with Crippen molar-refractivity contribution in [1.82, 2.24) is 5.32 Å². The summed E-state index contributed by atoms with van der Waals surface area (Å²) in [6.45, 7) is 3.63. The lowest BCUT2D eigenvalue weighted by Crippen LogP contribution is -2.32. The predicted octanol–water partition coefficient (Wildman–Crippen LogP) is 2.09. The molecule has 2 N–H and O–H groups in total. The van der Waals surface area contributed by atoms with Crippen molar-refractivity contribution in [2.45, 2.75) is 32.7 Å². The van der Waals surface area contributed by atoms with Gasteiger partial charge in [0.25, 0.3) is 5.91 Å². The molecule has 0 fully saturated rings. The Morgan fingerprint density at radius 1 is 1.53 bits per heavy atom. The Balaban J connectivity index is 2.95. The van der Waals surface area contributed by atoms with Gasteiger partial charge in [-0.2, -0.15) is 0 Å². The van der Waals surface area contributed by atoms with Gasteiger partial charge in [0.1, 0.15) is 12.4 Å². The maximum atomic E-state index is 13.2. The van der Waals surface area contributed by atoms with E-state index in [0.29, 0.717) is 5.56 Å². The van der Waals surface area contributed by atoms with E-state index in [0.717, 1.165) is 12.8 Å². The first kappa shape index (κ1) is 15.2. The third kappa shape index (κ3) is 4.72. The third-order valence-corrected chi connectivity index (χ3v) is 2.63. The Kier molecular flexibility index (Phi) is 6.04. The van der Waals surface area contributed by atoms with Crippen molar-refractivity contribution in [2.24, 2.45) is 0 Å². The van der Waals surface area contributed by atoms with Gasteiger partial charge in [0, 0.05) is 11.6 Å². The average molecular weight is 263 g/mol. The minimum Gasteiger partial charge on any atom is -0.384 e. The number of aliphatic hydroxyl groups excluding tert-OH is 1. The second kappa shape index (κ2) is 7.55. The molecular formula is C15H18FNO2. The summed E-state index contributed by atoms with van der Waals surface area (Å²) >= 11 is 0. The number of aliphatic hydroxyl groups is 1. The van der Waals surface area contributed by atoms with Crippen LogP contribution in [0.15, 0.2) is 18.2 Å². The largest absolute Gasteiger partial charge is 0.384 e. The van der Waals surface area contributed by atoms with E-state index in [1.54, 1.807) is 0 Å². The van der Waals surface area contributed by atoms with Gasteiger partial charge in [-0.15, -0.1) is 0 Å². The van der Waals surface area contributed by atoms with Gasteiger partial charge in [-0.1, -0.05) is 25.2 Å². The fraction of sp³-hybridized carbons (Fsp3) is 0.400. The average Bonchev–Trinajstić information content (AvgIpc) is 2.36. The summed E-state index contributed by atoms with van der Waals surface area (Å²) in [5.74, 6) is 4.28. The summed E-state index contributed by atoms with van der Waals surface area (Å²) in [5.41, 5.74) is 0.612. The second-order valence-electron chi connectivity index (χ2n) is 4.31. The lowest BCUT2D eigenvalue weighted by molar-refractivity contribution is 0.0938. The van der Waals surface area contributed by atoms with Crippen molar-refractivity contribution < 1.29 is 14.3 Å². The van der Waals surface area contributed by atoms with Crippen molar-refractivity contribution >= 4 is 5.91 Å². The summed E-state index contributed by atoms with van der Waals surface area (Å²) in [7, 11) is 0. The van der Waals surface area contributed by atoms with E-state index in [-0.39, 0.29) is 24.1 Å². The van der Waals surface area contributed by atoms with Gasteiger partial charge < -0.3 is 10.4 Å². The maximum Gasteiger partial charge on any atom is 0.252 e. The molecule has 1 unspecified atom stereocenters. The normalized spacial score (nSPS) is 11.4. The van der Waals surface area contributed by atoms with E-state index in [4.69, 9.17) is 5.11 Å². The van der Waals surface area contributed by atoms with Gasteiger partial charge in [0.05, 0.1) is 5.56 Å². The van der Waals surface area contributed by atoms with E-state index in [1.165, 1.54) is 18.2 Å². The van der Waals surface area contributed by atoms with Crippen LogP contribution in [-0.4, -0.2) is 23.7 Å². The van der Waals surface area contributed by atoms with Gasteiger partial charge in [-0.3, -0.25) is 4.79 Å².